The van der Waals surface area contributed by atoms with Gasteiger partial charge in [-0.2, -0.15) is 0 Å². The fourth-order valence-electron chi connectivity index (χ4n) is 1.54. The summed E-state index contributed by atoms with van der Waals surface area (Å²) in [6, 6.07) is 16.0. The van der Waals surface area contributed by atoms with Gasteiger partial charge in [-0.3, -0.25) is 0 Å². The first-order chi connectivity index (χ1) is 8.29. The van der Waals surface area contributed by atoms with Crippen molar-refractivity contribution in [2.24, 2.45) is 5.73 Å². The van der Waals surface area contributed by atoms with Crippen molar-refractivity contribution >= 4 is 15.9 Å². The molecule has 0 spiro atoms. The third-order valence-electron chi connectivity index (χ3n) is 2.49. The number of rotatable bonds is 4. The van der Waals surface area contributed by atoms with Gasteiger partial charge < -0.3 is 10.5 Å². The molecule has 2 aromatic rings. The second-order valence-electron chi connectivity index (χ2n) is 3.73. The lowest BCUT2D eigenvalue weighted by molar-refractivity contribution is 0.306. The minimum absolute atomic E-state index is 0.503. The van der Waals surface area contributed by atoms with Crippen molar-refractivity contribution in [3.63, 3.8) is 0 Å². The van der Waals surface area contributed by atoms with Gasteiger partial charge in [0, 0.05) is 11.0 Å². The van der Waals surface area contributed by atoms with E-state index in [-0.39, 0.29) is 0 Å². The monoisotopic (exact) mass is 291 g/mol. The van der Waals surface area contributed by atoms with Gasteiger partial charge >= 0.3 is 0 Å². The maximum absolute atomic E-state index is 5.71. The van der Waals surface area contributed by atoms with Crippen molar-refractivity contribution < 1.29 is 4.74 Å². The predicted octanol–water partition coefficient (Wildman–Crippen LogP) is 3.49. The molecular weight excluding hydrogens is 278 g/mol. The van der Waals surface area contributed by atoms with E-state index in [2.05, 4.69) is 15.9 Å². The number of hydrogen-bond donors (Lipinski definition) is 1. The van der Waals surface area contributed by atoms with E-state index < -0.39 is 0 Å². The average molecular weight is 292 g/mol. The molecule has 0 radical (unpaired) electrons. The van der Waals surface area contributed by atoms with Gasteiger partial charge in [0.1, 0.15) is 12.4 Å². The molecule has 0 amide bonds. The quantitative estimate of drug-likeness (QED) is 0.936. The van der Waals surface area contributed by atoms with Crippen LogP contribution < -0.4 is 10.5 Å². The topological polar surface area (TPSA) is 35.2 Å². The van der Waals surface area contributed by atoms with Crippen LogP contribution in [0.25, 0.3) is 0 Å². The number of ether oxygens (including phenoxy) is 1. The Labute approximate surface area is 110 Å². The molecule has 0 aromatic heterocycles. The molecule has 2 nitrogen and oxygen atoms in total. The van der Waals surface area contributed by atoms with Gasteiger partial charge in [0.2, 0.25) is 0 Å². The van der Waals surface area contributed by atoms with Gasteiger partial charge in [0.15, 0.2) is 0 Å². The van der Waals surface area contributed by atoms with Crippen LogP contribution in [0.1, 0.15) is 11.1 Å². The minimum atomic E-state index is 0.503. The zero-order valence-electron chi connectivity index (χ0n) is 9.40. The zero-order chi connectivity index (χ0) is 12.1. The number of halogens is 1. The van der Waals surface area contributed by atoms with Gasteiger partial charge in [-0.15, -0.1) is 0 Å². The lowest BCUT2D eigenvalue weighted by atomic mass is 10.2. The molecule has 0 saturated heterocycles. The van der Waals surface area contributed by atoms with E-state index in [1.54, 1.807) is 0 Å². The third-order valence-corrected chi connectivity index (χ3v) is 3.26. The van der Waals surface area contributed by atoms with Crippen LogP contribution in [0.15, 0.2) is 53.0 Å². The Balaban J connectivity index is 2.04. The highest BCUT2D eigenvalue weighted by atomic mass is 79.9. The molecule has 0 unspecified atom stereocenters. The molecule has 17 heavy (non-hydrogen) atoms. The molecule has 0 aliphatic rings. The van der Waals surface area contributed by atoms with Gasteiger partial charge in [-0.25, -0.2) is 0 Å². The Morgan fingerprint density at radius 3 is 2.53 bits per heavy atom. The van der Waals surface area contributed by atoms with Crippen LogP contribution >= 0.6 is 15.9 Å². The van der Waals surface area contributed by atoms with Gasteiger partial charge in [-0.1, -0.05) is 46.3 Å². The summed E-state index contributed by atoms with van der Waals surface area (Å²) >= 11 is 3.45. The summed E-state index contributed by atoms with van der Waals surface area (Å²) in [5, 5.41) is 0. The lowest BCUT2D eigenvalue weighted by Crippen LogP contribution is -1.99. The molecule has 88 valence electrons. The van der Waals surface area contributed by atoms with Gasteiger partial charge in [0.05, 0.1) is 0 Å². The number of benzene rings is 2. The second kappa shape index (κ2) is 5.84. The van der Waals surface area contributed by atoms with Crippen LogP contribution in [0, 0.1) is 0 Å². The molecular formula is C14H14BrNO. The molecule has 0 bridgehead atoms. The number of hydrogen-bond acceptors (Lipinski definition) is 2. The summed E-state index contributed by atoms with van der Waals surface area (Å²) in [5.41, 5.74) is 7.85. The largest absolute Gasteiger partial charge is 0.489 e. The van der Waals surface area contributed by atoms with Gasteiger partial charge in [-0.05, 0) is 29.3 Å². The summed E-state index contributed by atoms with van der Waals surface area (Å²) in [6.45, 7) is 1.08. The fraction of sp³-hybridized carbons (Fsp3) is 0.143. The van der Waals surface area contributed by atoms with Crippen molar-refractivity contribution in [1.82, 2.24) is 0 Å². The Kier molecular flexibility index (Phi) is 4.18. The molecule has 0 saturated carbocycles. The van der Waals surface area contributed by atoms with Crippen LogP contribution in [0.2, 0.25) is 0 Å². The third kappa shape index (κ3) is 3.32. The smallest absolute Gasteiger partial charge is 0.120 e. The first kappa shape index (κ1) is 12.1. The molecule has 2 rings (SSSR count). The van der Waals surface area contributed by atoms with Crippen LogP contribution in [0.3, 0.4) is 0 Å². The van der Waals surface area contributed by atoms with Gasteiger partial charge in [0.25, 0.3) is 0 Å². The molecule has 0 aliphatic heterocycles. The van der Waals surface area contributed by atoms with E-state index in [9.17, 15) is 0 Å². The summed E-state index contributed by atoms with van der Waals surface area (Å²) in [5.74, 6) is 0.845. The molecule has 3 heteroatoms. The predicted molar refractivity (Wildman–Crippen MR) is 72.8 cm³/mol. The van der Waals surface area contributed by atoms with Crippen molar-refractivity contribution in [2.45, 2.75) is 13.2 Å². The zero-order valence-corrected chi connectivity index (χ0v) is 11.0. The standard InChI is InChI=1S/C14H14BrNO/c15-14-7-6-13(8-12(14)9-16)17-10-11-4-2-1-3-5-11/h1-8H,9-10,16H2. The van der Waals surface area contributed by atoms with E-state index >= 15 is 0 Å². The maximum Gasteiger partial charge on any atom is 0.120 e. The highest BCUT2D eigenvalue weighted by Crippen LogP contribution is 2.22. The Bertz CT molecular complexity index is 485. The van der Waals surface area contributed by atoms with E-state index in [0.717, 1.165) is 21.3 Å². The van der Waals surface area contributed by atoms with Crippen LogP contribution in [0.5, 0.6) is 5.75 Å². The Morgan fingerprint density at radius 2 is 1.82 bits per heavy atom. The Hall–Kier alpha value is -1.32. The lowest BCUT2D eigenvalue weighted by Gasteiger charge is -2.08. The van der Waals surface area contributed by atoms with E-state index in [1.165, 1.54) is 0 Å². The summed E-state index contributed by atoms with van der Waals surface area (Å²) < 4.78 is 6.73. The van der Waals surface area contributed by atoms with E-state index in [1.807, 2.05) is 48.5 Å². The normalized spacial score (nSPS) is 10.2. The Morgan fingerprint density at radius 1 is 1.06 bits per heavy atom. The van der Waals surface area contributed by atoms with Crippen LogP contribution in [0.4, 0.5) is 0 Å². The SMILES string of the molecule is NCc1cc(OCc2ccccc2)ccc1Br. The van der Waals surface area contributed by atoms with Crippen LogP contribution in [-0.2, 0) is 13.2 Å². The average Bonchev–Trinajstić information content (AvgIpc) is 2.39. The van der Waals surface area contributed by atoms with Crippen molar-refractivity contribution in [3.8, 4) is 5.75 Å². The second-order valence-corrected chi connectivity index (χ2v) is 4.59. The van der Waals surface area contributed by atoms with E-state index in [4.69, 9.17) is 10.5 Å². The molecule has 2 aromatic carbocycles. The number of nitrogens with two attached hydrogens (primary N) is 1. The molecule has 2 N–H and O–H groups in total. The molecule has 0 heterocycles. The van der Waals surface area contributed by atoms with Crippen molar-refractivity contribution in [3.05, 3.63) is 64.1 Å². The van der Waals surface area contributed by atoms with Crippen molar-refractivity contribution in [2.75, 3.05) is 0 Å². The minimum Gasteiger partial charge on any atom is -0.489 e. The summed E-state index contributed by atoms with van der Waals surface area (Å²) in [7, 11) is 0. The van der Waals surface area contributed by atoms with Crippen LogP contribution in [-0.4, -0.2) is 0 Å². The maximum atomic E-state index is 5.71. The van der Waals surface area contributed by atoms with Crippen molar-refractivity contribution in [1.29, 1.82) is 0 Å². The first-order valence-corrected chi connectivity index (χ1v) is 6.24. The molecule has 0 aliphatic carbocycles. The molecule has 0 atom stereocenters. The first-order valence-electron chi connectivity index (χ1n) is 5.45. The van der Waals surface area contributed by atoms with E-state index in [0.29, 0.717) is 13.2 Å². The highest BCUT2D eigenvalue weighted by molar-refractivity contribution is 9.10. The molecule has 0 fully saturated rings. The summed E-state index contributed by atoms with van der Waals surface area (Å²) in [6.07, 6.45) is 0. The summed E-state index contributed by atoms with van der Waals surface area (Å²) in [4.78, 5) is 0. The fourth-order valence-corrected chi connectivity index (χ4v) is 1.95. The highest BCUT2D eigenvalue weighted by Gasteiger charge is 2.01.